The molecular formula is C15H16N2O3S2. The van der Waals surface area contributed by atoms with Crippen LogP contribution in [0.5, 0.6) is 0 Å². The molecule has 3 rings (SSSR count). The van der Waals surface area contributed by atoms with Gasteiger partial charge < -0.3 is 4.90 Å². The molecule has 3 heterocycles. The first-order valence-electron chi connectivity index (χ1n) is 7.14. The molecule has 0 radical (unpaired) electrons. The molecule has 1 aromatic rings. The number of thiophene rings is 1. The van der Waals surface area contributed by atoms with Crippen LogP contribution in [0.3, 0.4) is 0 Å². The number of aryl methyl sites for hydroxylation is 1. The van der Waals surface area contributed by atoms with Crippen molar-refractivity contribution in [3.05, 3.63) is 26.8 Å². The minimum atomic E-state index is -0.367. The smallest absolute Gasteiger partial charge is 0.294 e. The van der Waals surface area contributed by atoms with Crippen LogP contribution in [0.1, 0.15) is 22.6 Å². The van der Waals surface area contributed by atoms with Gasteiger partial charge in [0.15, 0.2) is 0 Å². The Kier molecular flexibility index (Phi) is 4.35. The van der Waals surface area contributed by atoms with Crippen LogP contribution in [-0.2, 0) is 9.59 Å². The van der Waals surface area contributed by atoms with Crippen molar-refractivity contribution in [1.29, 1.82) is 0 Å². The highest BCUT2D eigenvalue weighted by atomic mass is 32.2. The Labute approximate surface area is 137 Å². The first-order chi connectivity index (χ1) is 10.5. The van der Waals surface area contributed by atoms with Crippen molar-refractivity contribution in [2.45, 2.75) is 19.8 Å². The quantitative estimate of drug-likeness (QED) is 0.797. The lowest BCUT2D eigenvalue weighted by Gasteiger charge is -2.18. The van der Waals surface area contributed by atoms with Crippen molar-refractivity contribution in [1.82, 2.24) is 9.80 Å². The van der Waals surface area contributed by atoms with Gasteiger partial charge in [0.25, 0.3) is 11.1 Å². The van der Waals surface area contributed by atoms with Gasteiger partial charge in [-0.3, -0.25) is 19.3 Å². The van der Waals surface area contributed by atoms with Crippen LogP contribution in [-0.4, -0.2) is 46.5 Å². The largest absolute Gasteiger partial charge is 0.341 e. The standard InChI is InChI=1S/C15H16N2O3S2/c1-10-4-5-11(21-10)8-12-14(19)17(15(20)22-12)9-13(18)16-6-2-3-7-16/h4-5,8H,2-3,6-7,9H2,1H3/b12-8+. The van der Waals surface area contributed by atoms with Crippen LogP contribution in [0, 0.1) is 6.92 Å². The summed E-state index contributed by atoms with van der Waals surface area (Å²) in [6.45, 7) is 3.28. The second-order valence-electron chi connectivity index (χ2n) is 5.30. The topological polar surface area (TPSA) is 57.7 Å². The van der Waals surface area contributed by atoms with Crippen LogP contribution in [0.15, 0.2) is 17.0 Å². The molecule has 116 valence electrons. The molecule has 0 N–H and O–H groups in total. The third-order valence-electron chi connectivity index (χ3n) is 3.66. The Morgan fingerprint density at radius 3 is 2.64 bits per heavy atom. The second-order valence-corrected chi connectivity index (χ2v) is 7.62. The highest BCUT2D eigenvalue weighted by molar-refractivity contribution is 8.18. The van der Waals surface area contributed by atoms with E-state index in [9.17, 15) is 14.4 Å². The summed E-state index contributed by atoms with van der Waals surface area (Å²) in [6.07, 6.45) is 3.71. The third-order valence-corrected chi connectivity index (χ3v) is 5.52. The van der Waals surface area contributed by atoms with Crippen LogP contribution < -0.4 is 0 Å². The van der Waals surface area contributed by atoms with Crippen molar-refractivity contribution >= 4 is 46.2 Å². The van der Waals surface area contributed by atoms with E-state index in [1.807, 2.05) is 19.1 Å². The van der Waals surface area contributed by atoms with Crippen LogP contribution in [0.4, 0.5) is 4.79 Å². The fourth-order valence-corrected chi connectivity index (χ4v) is 4.22. The van der Waals surface area contributed by atoms with Crippen molar-refractivity contribution in [2.75, 3.05) is 19.6 Å². The van der Waals surface area contributed by atoms with E-state index < -0.39 is 0 Å². The normalized spacial score (nSPS) is 20.5. The summed E-state index contributed by atoms with van der Waals surface area (Å²) < 4.78 is 0. The molecule has 2 aliphatic heterocycles. The Hall–Kier alpha value is -1.60. The SMILES string of the molecule is Cc1ccc(/C=C2/SC(=O)N(CC(=O)N3CCCC3)C2=O)s1. The second kappa shape index (κ2) is 6.26. The summed E-state index contributed by atoms with van der Waals surface area (Å²) in [7, 11) is 0. The average Bonchev–Trinajstić information content (AvgIpc) is 3.18. The molecule has 0 saturated carbocycles. The average molecular weight is 336 g/mol. The van der Waals surface area contributed by atoms with Gasteiger partial charge in [0, 0.05) is 22.8 Å². The number of nitrogens with zero attached hydrogens (tertiary/aromatic N) is 2. The molecule has 3 amide bonds. The number of amides is 3. The van der Waals surface area contributed by atoms with Gasteiger partial charge in [-0.25, -0.2) is 0 Å². The highest BCUT2D eigenvalue weighted by Gasteiger charge is 2.37. The maximum Gasteiger partial charge on any atom is 0.294 e. The first kappa shape index (κ1) is 15.3. The molecule has 7 heteroatoms. The molecule has 2 aliphatic rings. The lowest BCUT2D eigenvalue weighted by molar-refractivity contribution is -0.135. The Balaban J connectivity index is 1.71. The van der Waals surface area contributed by atoms with Crippen molar-refractivity contribution in [3.8, 4) is 0 Å². The molecule has 0 atom stereocenters. The van der Waals surface area contributed by atoms with E-state index in [1.165, 1.54) is 0 Å². The predicted octanol–water partition coefficient (Wildman–Crippen LogP) is 2.72. The van der Waals surface area contributed by atoms with E-state index >= 15 is 0 Å². The summed E-state index contributed by atoms with van der Waals surface area (Å²) in [4.78, 5) is 41.7. The van der Waals surface area contributed by atoms with E-state index in [0.29, 0.717) is 4.91 Å². The van der Waals surface area contributed by atoms with Crippen molar-refractivity contribution in [2.24, 2.45) is 0 Å². The molecule has 22 heavy (non-hydrogen) atoms. The number of hydrogen-bond donors (Lipinski definition) is 0. The van der Waals surface area contributed by atoms with Gasteiger partial charge in [-0.15, -0.1) is 11.3 Å². The van der Waals surface area contributed by atoms with E-state index in [2.05, 4.69) is 0 Å². The number of carbonyl (C=O) groups is 3. The summed E-state index contributed by atoms with van der Waals surface area (Å²) in [5.74, 6) is -0.512. The zero-order chi connectivity index (χ0) is 15.7. The summed E-state index contributed by atoms with van der Waals surface area (Å²) >= 11 is 2.47. The molecule has 2 fully saturated rings. The van der Waals surface area contributed by atoms with Gasteiger partial charge in [0.1, 0.15) is 6.54 Å². The van der Waals surface area contributed by atoms with Gasteiger partial charge >= 0.3 is 0 Å². The van der Waals surface area contributed by atoms with Crippen LogP contribution >= 0.6 is 23.1 Å². The number of carbonyl (C=O) groups excluding carboxylic acids is 3. The molecule has 2 saturated heterocycles. The van der Waals surface area contributed by atoms with Gasteiger partial charge in [0.2, 0.25) is 5.91 Å². The minimum absolute atomic E-state index is 0.145. The molecule has 0 aliphatic carbocycles. The molecule has 0 unspecified atom stereocenters. The maximum absolute atomic E-state index is 12.3. The van der Waals surface area contributed by atoms with Gasteiger partial charge in [-0.2, -0.15) is 0 Å². The molecule has 5 nitrogen and oxygen atoms in total. The fourth-order valence-electron chi connectivity index (χ4n) is 2.50. The summed E-state index contributed by atoms with van der Waals surface area (Å²) in [5, 5.41) is -0.364. The fraction of sp³-hybridized carbons (Fsp3) is 0.400. The lowest BCUT2D eigenvalue weighted by atomic mass is 10.3. The van der Waals surface area contributed by atoms with E-state index in [1.54, 1.807) is 22.3 Å². The van der Waals surface area contributed by atoms with Gasteiger partial charge in [-0.05, 0) is 49.7 Å². The minimum Gasteiger partial charge on any atom is -0.341 e. The van der Waals surface area contributed by atoms with Crippen molar-refractivity contribution < 1.29 is 14.4 Å². The Morgan fingerprint density at radius 1 is 1.27 bits per heavy atom. The van der Waals surface area contributed by atoms with E-state index in [4.69, 9.17) is 0 Å². The Bertz CT molecular complexity index is 659. The molecule has 0 spiro atoms. The molecule has 0 bridgehead atoms. The summed E-state index contributed by atoms with van der Waals surface area (Å²) in [6, 6.07) is 3.89. The lowest BCUT2D eigenvalue weighted by Crippen LogP contribution is -2.40. The van der Waals surface area contributed by atoms with E-state index in [0.717, 1.165) is 52.3 Å². The number of hydrogen-bond acceptors (Lipinski definition) is 5. The number of imide groups is 1. The molecule has 1 aromatic heterocycles. The highest BCUT2D eigenvalue weighted by Crippen LogP contribution is 2.33. The maximum atomic E-state index is 12.3. The predicted molar refractivity (Wildman–Crippen MR) is 87.5 cm³/mol. The Morgan fingerprint density at radius 2 is 2.00 bits per heavy atom. The van der Waals surface area contributed by atoms with Gasteiger partial charge in [0.05, 0.1) is 4.91 Å². The van der Waals surface area contributed by atoms with Crippen molar-refractivity contribution in [3.63, 3.8) is 0 Å². The monoisotopic (exact) mass is 336 g/mol. The zero-order valence-corrected chi connectivity index (χ0v) is 13.8. The molecular weight excluding hydrogens is 320 g/mol. The van der Waals surface area contributed by atoms with Gasteiger partial charge in [-0.1, -0.05) is 0 Å². The number of likely N-dealkylation sites (tertiary alicyclic amines) is 1. The molecule has 0 aromatic carbocycles. The van der Waals surface area contributed by atoms with E-state index in [-0.39, 0.29) is 23.6 Å². The number of rotatable bonds is 3. The summed E-state index contributed by atoms with van der Waals surface area (Å²) in [5.41, 5.74) is 0. The zero-order valence-electron chi connectivity index (χ0n) is 12.2. The third kappa shape index (κ3) is 3.10. The first-order valence-corrected chi connectivity index (χ1v) is 8.77. The van der Waals surface area contributed by atoms with Crippen LogP contribution in [0.25, 0.3) is 6.08 Å². The van der Waals surface area contributed by atoms with Crippen LogP contribution in [0.2, 0.25) is 0 Å². The number of thioether (sulfide) groups is 1.